The number of hydrogen-bond acceptors (Lipinski definition) is 10. The number of allylic oxidation sites excluding steroid dienone is 1. The summed E-state index contributed by atoms with van der Waals surface area (Å²) in [5.41, 5.74) is -6.64. The number of esters is 3. The number of carbonyl (C=O) groups excluding carboxylic acids is 3. The summed E-state index contributed by atoms with van der Waals surface area (Å²) in [6, 6.07) is 0. The Bertz CT molecular complexity index is 1090. The van der Waals surface area contributed by atoms with E-state index >= 15 is 0 Å². The number of aliphatic hydroxyl groups is 2. The average Bonchev–Trinajstić information content (AvgIpc) is 3.47. The Kier molecular flexibility index (Phi) is 5.65. The Labute approximate surface area is 214 Å². The van der Waals surface area contributed by atoms with Crippen LogP contribution in [0.5, 0.6) is 0 Å². The van der Waals surface area contributed by atoms with Crippen molar-refractivity contribution in [3.8, 4) is 0 Å². The fourth-order valence-electron chi connectivity index (χ4n) is 8.92. The highest BCUT2D eigenvalue weighted by molar-refractivity contribution is 5.90. The molecule has 0 aromatic rings. The lowest BCUT2D eigenvalue weighted by molar-refractivity contribution is -0.202. The number of hydrogen-bond donors (Lipinski definition) is 3. The minimum absolute atomic E-state index is 0.153. The molecule has 2 saturated carbocycles. The molecule has 11 heteroatoms. The first kappa shape index (κ1) is 26.1. The molecular weight excluding hydrogens is 488 g/mol. The molecule has 0 bridgehead atoms. The van der Waals surface area contributed by atoms with Gasteiger partial charge in [-0.05, 0) is 46.0 Å². The number of rotatable bonds is 7. The standard InChI is InChI=1S/C26H34O11/c1-6-7-8-11(2)14-9-15-25(24(14)13(4)35-21(31)19(24)34-10-16(27)28)17(29)18-26(33,12(3)20(30)37-18)23(25,5)22(32)36-15/h12-15,17-19,29,33H,2,6-10H2,1,3-5H3,(H,27,28)/t12?,13-,14-,15?,17-,18-,19-,23-,24?,25+,26+/m0/s1. The molecule has 2 spiro atoms. The van der Waals surface area contributed by atoms with E-state index in [2.05, 4.69) is 6.58 Å². The molecule has 5 fully saturated rings. The summed E-state index contributed by atoms with van der Waals surface area (Å²) in [5, 5.41) is 33.6. The lowest BCUT2D eigenvalue weighted by Gasteiger charge is -2.54. The first-order chi connectivity index (χ1) is 17.3. The summed E-state index contributed by atoms with van der Waals surface area (Å²) in [6.45, 7) is 9.97. The largest absolute Gasteiger partial charge is 0.480 e. The van der Waals surface area contributed by atoms with Crippen LogP contribution in [0.2, 0.25) is 0 Å². The maximum atomic E-state index is 13.7. The number of aliphatic carboxylic acids is 1. The van der Waals surface area contributed by atoms with E-state index in [9.17, 15) is 34.5 Å². The van der Waals surface area contributed by atoms with Gasteiger partial charge in [-0.25, -0.2) is 9.59 Å². The van der Waals surface area contributed by atoms with Gasteiger partial charge in [0, 0.05) is 0 Å². The van der Waals surface area contributed by atoms with Crippen LogP contribution in [-0.4, -0.2) is 81.9 Å². The number of carbonyl (C=O) groups is 4. The molecule has 3 saturated heterocycles. The molecule has 204 valence electrons. The molecule has 3 unspecified atom stereocenters. The van der Waals surface area contributed by atoms with Gasteiger partial charge in [-0.15, -0.1) is 0 Å². The van der Waals surface area contributed by atoms with Crippen molar-refractivity contribution in [2.45, 2.75) is 89.5 Å². The third-order valence-electron chi connectivity index (χ3n) is 10.3. The molecule has 37 heavy (non-hydrogen) atoms. The van der Waals surface area contributed by atoms with Gasteiger partial charge in [0.05, 0.1) is 16.7 Å². The minimum atomic E-state index is -2.16. The molecule has 11 nitrogen and oxygen atoms in total. The highest BCUT2D eigenvalue weighted by Gasteiger charge is 2.96. The summed E-state index contributed by atoms with van der Waals surface area (Å²) in [6.07, 6.45) is -4.25. The molecule has 3 aliphatic heterocycles. The number of carboxylic acid groups (broad SMARTS) is 1. The second kappa shape index (κ2) is 8.00. The van der Waals surface area contributed by atoms with Crippen LogP contribution < -0.4 is 0 Å². The number of cyclic esters (lactones) is 1. The van der Waals surface area contributed by atoms with Gasteiger partial charge in [0.2, 0.25) is 0 Å². The molecule has 5 aliphatic rings. The molecule has 0 amide bonds. The number of carboxylic acids is 1. The summed E-state index contributed by atoms with van der Waals surface area (Å²) < 4.78 is 22.8. The lowest BCUT2D eigenvalue weighted by Crippen LogP contribution is -2.67. The maximum absolute atomic E-state index is 13.7. The Hall–Kier alpha value is -2.50. The quantitative estimate of drug-likeness (QED) is 0.245. The zero-order valence-electron chi connectivity index (χ0n) is 21.4. The number of fused-ring (bicyclic) bond motifs is 2. The third-order valence-corrected chi connectivity index (χ3v) is 10.3. The third kappa shape index (κ3) is 2.58. The van der Waals surface area contributed by atoms with Crippen LogP contribution >= 0.6 is 0 Å². The molecule has 3 N–H and O–H groups in total. The smallest absolute Gasteiger partial charge is 0.336 e. The molecule has 3 heterocycles. The van der Waals surface area contributed by atoms with Crippen LogP contribution in [0.25, 0.3) is 0 Å². The Morgan fingerprint density at radius 3 is 2.46 bits per heavy atom. The van der Waals surface area contributed by atoms with Gasteiger partial charge < -0.3 is 34.3 Å². The predicted octanol–water partition coefficient (Wildman–Crippen LogP) is 0.739. The highest BCUT2D eigenvalue weighted by Crippen LogP contribution is 2.82. The van der Waals surface area contributed by atoms with Gasteiger partial charge in [-0.1, -0.05) is 25.5 Å². The Balaban J connectivity index is 1.81. The molecule has 2 aliphatic carbocycles. The van der Waals surface area contributed by atoms with E-state index in [1.54, 1.807) is 6.92 Å². The number of unbranched alkanes of at least 4 members (excludes halogenated alkanes) is 1. The van der Waals surface area contributed by atoms with Crippen molar-refractivity contribution in [3.05, 3.63) is 12.2 Å². The van der Waals surface area contributed by atoms with Gasteiger partial charge in [0.1, 0.15) is 35.9 Å². The van der Waals surface area contributed by atoms with Crippen LogP contribution in [0.15, 0.2) is 12.2 Å². The van der Waals surface area contributed by atoms with Crippen molar-refractivity contribution in [1.82, 2.24) is 0 Å². The fraction of sp³-hybridized carbons (Fsp3) is 0.769. The number of aliphatic hydroxyl groups excluding tert-OH is 1. The molecule has 0 aromatic heterocycles. The molecule has 0 radical (unpaired) electrons. The highest BCUT2D eigenvalue weighted by atomic mass is 16.6. The summed E-state index contributed by atoms with van der Waals surface area (Å²) in [4.78, 5) is 51.2. The Morgan fingerprint density at radius 1 is 1.16 bits per heavy atom. The monoisotopic (exact) mass is 522 g/mol. The normalized spacial score (nSPS) is 49.5. The van der Waals surface area contributed by atoms with E-state index in [0.717, 1.165) is 18.4 Å². The van der Waals surface area contributed by atoms with Crippen LogP contribution in [0, 0.1) is 28.1 Å². The first-order valence-corrected chi connectivity index (χ1v) is 12.8. The van der Waals surface area contributed by atoms with Crippen LogP contribution in [-0.2, 0) is 38.1 Å². The minimum Gasteiger partial charge on any atom is -0.480 e. The van der Waals surface area contributed by atoms with Gasteiger partial charge in [0.25, 0.3) is 0 Å². The summed E-state index contributed by atoms with van der Waals surface area (Å²) in [7, 11) is 0. The fourth-order valence-corrected chi connectivity index (χ4v) is 8.92. The summed E-state index contributed by atoms with van der Waals surface area (Å²) >= 11 is 0. The van der Waals surface area contributed by atoms with Gasteiger partial charge in [-0.3, -0.25) is 9.59 Å². The van der Waals surface area contributed by atoms with Gasteiger partial charge in [0.15, 0.2) is 12.2 Å². The van der Waals surface area contributed by atoms with Crippen molar-refractivity contribution in [3.63, 3.8) is 0 Å². The topological polar surface area (TPSA) is 166 Å². The Morgan fingerprint density at radius 2 is 1.84 bits per heavy atom. The van der Waals surface area contributed by atoms with Gasteiger partial charge in [-0.2, -0.15) is 0 Å². The zero-order valence-corrected chi connectivity index (χ0v) is 21.4. The second-order valence-electron chi connectivity index (χ2n) is 11.4. The first-order valence-electron chi connectivity index (χ1n) is 12.8. The molecule has 0 aromatic carbocycles. The molecular formula is C26H34O11. The maximum Gasteiger partial charge on any atom is 0.336 e. The average molecular weight is 523 g/mol. The van der Waals surface area contributed by atoms with Gasteiger partial charge >= 0.3 is 23.9 Å². The van der Waals surface area contributed by atoms with E-state index in [1.165, 1.54) is 13.8 Å². The van der Waals surface area contributed by atoms with E-state index < -0.39 is 94.7 Å². The van der Waals surface area contributed by atoms with Crippen molar-refractivity contribution in [2.24, 2.45) is 28.1 Å². The van der Waals surface area contributed by atoms with Crippen LogP contribution in [0.4, 0.5) is 0 Å². The zero-order chi connectivity index (χ0) is 27.3. The van der Waals surface area contributed by atoms with Crippen molar-refractivity contribution < 1.29 is 53.4 Å². The number of ether oxygens (including phenoxy) is 4. The molecule has 5 rings (SSSR count). The molecule has 11 atom stereocenters. The van der Waals surface area contributed by atoms with Crippen LogP contribution in [0.1, 0.15) is 53.4 Å². The van der Waals surface area contributed by atoms with Crippen LogP contribution in [0.3, 0.4) is 0 Å². The second-order valence-corrected chi connectivity index (χ2v) is 11.4. The van der Waals surface area contributed by atoms with Crippen molar-refractivity contribution in [2.75, 3.05) is 6.61 Å². The van der Waals surface area contributed by atoms with E-state index in [-0.39, 0.29) is 6.42 Å². The SMILES string of the molecule is C=C(CCCC)[C@@H]1CC2OC(=O)[C@]3(C)[C@@]4(O)C(C)C(=O)O[C@H]4[C@H](O)[C@]23C12[C@H](C)OC(=O)[C@@H]2OCC(=O)O. The van der Waals surface area contributed by atoms with Crippen molar-refractivity contribution in [1.29, 1.82) is 0 Å². The lowest BCUT2D eigenvalue weighted by atomic mass is 9.46. The van der Waals surface area contributed by atoms with E-state index in [1.807, 2.05) is 6.92 Å². The van der Waals surface area contributed by atoms with E-state index in [4.69, 9.17) is 18.9 Å². The van der Waals surface area contributed by atoms with E-state index in [0.29, 0.717) is 6.42 Å². The van der Waals surface area contributed by atoms with Crippen molar-refractivity contribution >= 4 is 23.9 Å². The summed E-state index contributed by atoms with van der Waals surface area (Å²) in [5.74, 6) is -5.52. The predicted molar refractivity (Wildman–Crippen MR) is 123 cm³/mol.